The van der Waals surface area contributed by atoms with Crippen molar-refractivity contribution in [3.05, 3.63) is 36.4 Å². The summed E-state index contributed by atoms with van der Waals surface area (Å²) >= 11 is 0. The van der Waals surface area contributed by atoms with Gasteiger partial charge in [-0.15, -0.1) is 0 Å². The van der Waals surface area contributed by atoms with Crippen LogP contribution >= 0.6 is 0 Å². The van der Waals surface area contributed by atoms with Gasteiger partial charge in [-0.05, 0) is 19.1 Å². The van der Waals surface area contributed by atoms with Crippen LogP contribution in [-0.4, -0.2) is 39.4 Å². The largest absolute Gasteiger partial charge is 0.493 e. The Kier molecular flexibility index (Phi) is 7.21. The van der Waals surface area contributed by atoms with E-state index in [1.54, 1.807) is 19.2 Å². The fourth-order valence-electron chi connectivity index (χ4n) is 1.44. The third kappa shape index (κ3) is 6.24. The van der Waals surface area contributed by atoms with Crippen molar-refractivity contribution < 1.29 is 19.0 Å². The van der Waals surface area contributed by atoms with Gasteiger partial charge in [0.25, 0.3) is 5.91 Å². The van der Waals surface area contributed by atoms with Crippen LogP contribution in [0.1, 0.15) is 6.92 Å². The first-order valence-electron chi connectivity index (χ1n) is 6.38. The second kappa shape index (κ2) is 8.98. The zero-order valence-electron chi connectivity index (χ0n) is 12.0. The number of nitrogens with one attached hydrogen (secondary N) is 1. The summed E-state index contributed by atoms with van der Waals surface area (Å²) in [6, 6.07) is 7.19. The van der Waals surface area contributed by atoms with E-state index < -0.39 is 0 Å². The van der Waals surface area contributed by atoms with Crippen LogP contribution in [-0.2, 0) is 9.53 Å². The maximum Gasteiger partial charge on any atom is 0.258 e. The molecule has 0 spiro atoms. The molecular weight excluding hydrogens is 258 g/mol. The Hall–Kier alpha value is -2.01. The van der Waals surface area contributed by atoms with Gasteiger partial charge < -0.3 is 19.5 Å². The number of amides is 1. The quantitative estimate of drug-likeness (QED) is 0.553. The molecule has 110 valence electrons. The van der Waals surface area contributed by atoms with E-state index in [0.29, 0.717) is 31.3 Å². The normalized spacial score (nSPS) is 9.90. The van der Waals surface area contributed by atoms with Crippen molar-refractivity contribution in [1.29, 1.82) is 0 Å². The number of rotatable bonds is 9. The van der Waals surface area contributed by atoms with Gasteiger partial charge in [0.2, 0.25) is 0 Å². The molecule has 0 aliphatic carbocycles. The molecular formula is C15H21NO4. The average molecular weight is 279 g/mol. The molecule has 5 nitrogen and oxygen atoms in total. The Balaban J connectivity index is 2.21. The number of hydrogen-bond donors (Lipinski definition) is 1. The van der Waals surface area contributed by atoms with E-state index in [2.05, 4.69) is 11.9 Å². The molecule has 1 N–H and O–H groups in total. The number of carbonyl (C=O) groups excluding carboxylic acids is 1. The maximum absolute atomic E-state index is 11.6. The first-order chi connectivity index (χ1) is 9.63. The summed E-state index contributed by atoms with van der Waals surface area (Å²) in [6.45, 7) is 6.96. The maximum atomic E-state index is 11.6. The predicted octanol–water partition coefficient (Wildman–Crippen LogP) is 1.78. The van der Waals surface area contributed by atoms with Crippen LogP contribution in [0.3, 0.4) is 0 Å². The van der Waals surface area contributed by atoms with E-state index in [4.69, 9.17) is 14.2 Å². The highest BCUT2D eigenvalue weighted by Gasteiger charge is 2.06. The molecule has 0 heterocycles. The Morgan fingerprint density at radius 1 is 1.25 bits per heavy atom. The molecule has 0 saturated carbocycles. The summed E-state index contributed by atoms with van der Waals surface area (Å²) in [5.74, 6) is 0.948. The molecule has 0 radical (unpaired) electrons. The minimum Gasteiger partial charge on any atom is -0.493 e. The van der Waals surface area contributed by atoms with E-state index in [0.717, 1.165) is 5.57 Å². The Bertz CT molecular complexity index is 445. The van der Waals surface area contributed by atoms with E-state index >= 15 is 0 Å². The summed E-state index contributed by atoms with van der Waals surface area (Å²) in [5, 5.41) is 2.70. The SMILES string of the molecule is C=C(C)COCCNC(=O)COc1ccccc1OC. The first kappa shape index (κ1) is 16.0. The second-order valence-electron chi connectivity index (χ2n) is 4.30. The third-order valence-electron chi connectivity index (χ3n) is 2.34. The van der Waals surface area contributed by atoms with Crippen LogP contribution in [0, 0.1) is 0 Å². The van der Waals surface area contributed by atoms with E-state index in [1.807, 2.05) is 19.1 Å². The lowest BCUT2D eigenvalue weighted by Crippen LogP contribution is -2.31. The van der Waals surface area contributed by atoms with Gasteiger partial charge in [-0.3, -0.25) is 4.79 Å². The average Bonchev–Trinajstić information content (AvgIpc) is 2.44. The summed E-state index contributed by atoms with van der Waals surface area (Å²) in [5.41, 5.74) is 0.954. The molecule has 1 aromatic rings. The Labute approximate surface area is 119 Å². The zero-order valence-corrected chi connectivity index (χ0v) is 12.0. The van der Waals surface area contributed by atoms with Crippen LogP contribution in [0.15, 0.2) is 36.4 Å². The summed E-state index contributed by atoms with van der Waals surface area (Å²) in [7, 11) is 1.56. The third-order valence-corrected chi connectivity index (χ3v) is 2.34. The van der Waals surface area contributed by atoms with Crippen molar-refractivity contribution in [2.75, 3.05) is 33.5 Å². The molecule has 0 aliphatic rings. The van der Waals surface area contributed by atoms with E-state index in [9.17, 15) is 4.79 Å². The van der Waals surface area contributed by atoms with Gasteiger partial charge in [-0.1, -0.05) is 24.3 Å². The fraction of sp³-hybridized carbons (Fsp3) is 0.400. The van der Waals surface area contributed by atoms with Crippen LogP contribution in [0.25, 0.3) is 0 Å². The van der Waals surface area contributed by atoms with Gasteiger partial charge in [0.15, 0.2) is 18.1 Å². The Morgan fingerprint density at radius 3 is 2.60 bits per heavy atom. The molecule has 0 aromatic heterocycles. The lowest BCUT2D eigenvalue weighted by Gasteiger charge is -2.10. The minimum atomic E-state index is -0.199. The summed E-state index contributed by atoms with van der Waals surface area (Å²) < 4.78 is 15.8. The molecule has 5 heteroatoms. The monoisotopic (exact) mass is 279 g/mol. The highest BCUT2D eigenvalue weighted by Crippen LogP contribution is 2.25. The predicted molar refractivity (Wildman–Crippen MR) is 77.1 cm³/mol. The lowest BCUT2D eigenvalue weighted by atomic mass is 10.3. The van der Waals surface area contributed by atoms with Crippen LogP contribution < -0.4 is 14.8 Å². The minimum absolute atomic E-state index is 0.0547. The van der Waals surface area contributed by atoms with Crippen LogP contribution in [0.5, 0.6) is 11.5 Å². The van der Waals surface area contributed by atoms with Crippen molar-refractivity contribution in [3.8, 4) is 11.5 Å². The van der Waals surface area contributed by atoms with E-state index in [1.165, 1.54) is 0 Å². The van der Waals surface area contributed by atoms with Crippen molar-refractivity contribution in [3.63, 3.8) is 0 Å². The number of carbonyl (C=O) groups is 1. The van der Waals surface area contributed by atoms with Gasteiger partial charge in [0.1, 0.15) is 0 Å². The smallest absolute Gasteiger partial charge is 0.258 e. The zero-order chi connectivity index (χ0) is 14.8. The molecule has 1 rings (SSSR count). The Morgan fingerprint density at radius 2 is 1.95 bits per heavy atom. The molecule has 0 saturated heterocycles. The number of ether oxygens (including phenoxy) is 3. The molecule has 1 amide bonds. The molecule has 0 aliphatic heterocycles. The standard InChI is InChI=1S/C15H21NO4/c1-12(2)10-19-9-8-16-15(17)11-20-14-7-5-4-6-13(14)18-3/h4-7H,1,8-11H2,2-3H3,(H,16,17). The molecule has 1 aromatic carbocycles. The van der Waals surface area contributed by atoms with Crippen molar-refractivity contribution in [1.82, 2.24) is 5.32 Å². The number of hydrogen-bond acceptors (Lipinski definition) is 4. The van der Waals surface area contributed by atoms with Gasteiger partial charge in [-0.2, -0.15) is 0 Å². The molecule has 20 heavy (non-hydrogen) atoms. The number of benzene rings is 1. The van der Waals surface area contributed by atoms with Gasteiger partial charge in [0.05, 0.1) is 20.3 Å². The van der Waals surface area contributed by atoms with Gasteiger partial charge >= 0.3 is 0 Å². The topological polar surface area (TPSA) is 56.8 Å². The van der Waals surface area contributed by atoms with E-state index in [-0.39, 0.29) is 12.5 Å². The first-order valence-corrected chi connectivity index (χ1v) is 6.38. The highest BCUT2D eigenvalue weighted by atomic mass is 16.5. The fourth-order valence-corrected chi connectivity index (χ4v) is 1.44. The molecule has 0 atom stereocenters. The highest BCUT2D eigenvalue weighted by molar-refractivity contribution is 5.77. The van der Waals surface area contributed by atoms with Crippen LogP contribution in [0.4, 0.5) is 0 Å². The molecule has 0 fully saturated rings. The second-order valence-corrected chi connectivity index (χ2v) is 4.30. The lowest BCUT2D eigenvalue weighted by molar-refractivity contribution is -0.123. The van der Waals surface area contributed by atoms with Crippen molar-refractivity contribution >= 4 is 5.91 Å². The molecule has 0 bridgehead atoms. The van der Waals surface area contributed by atoms with Crippen molar-refractivity contribution in [2.24, 2.45) is 0 Å². The number of para-hydroxylation sites is 2. The summed E-state index contributed by atoms with van der Waals surface area (Å²) in [4.78, 5) is 11.6. The van der Waals surface area contributed by atoms with Gasteiger partial charge in [0, 0.05) is 6.54 Å². The van der Waals surface area contributed by atoms with Gasteiger partial charge in [-0.25, -0.2) is 0 Å². The van der Waals surface area contributed by atoms with Crippen molar-refractivity contribution in [2.45, 2.75) is 6.92 Å². The molecule has 0 unspecified atom stereocenters. The van der Waals surface area contributed by atoms with Crippen LogP contribution in [0.2, 0.25) is 0 Å². The summed E-state index contributed by atoms with van der Waals surface area (Å²) in [6.07, 6.45) is 0. The number of methoxy groups -OCH3 is 1.